The van der Waals surface area contributed by atoms with Crippen molar-refractivity contribution in [3.63, 3.8) is 0 Å². The van der Waals surface area contributed by atoms with Crippen molar-refractivity contribution in [2.75, 3.05) is 39.4 Å². The Morgan fingerprint density at radius 3 is 2.50 bits per heavy atom. The number of aliphatic imine (C=N–C) groups is 1. The van der Waals surface area contributed by atoms with Gasteiger partial charge < -0.3 is 20.7 Å². The SMILES string of the molecule is CCCNC(=O)CN=C(NCC)NCCCCOCC. The van der Waals surface area contributed by atoms with Crippen LogP contribution >= 0.6 is 0 Å². The average molecular weight is 286 g/mol. The van der Waals surface area contributed by atoms with E-state index in [-0.39, 0.29) is 12.5 Å². The van der Waals surface area contributed by atoms with E-state index in [0.717, 1.165) is 45.6 Å². The van der Waals surface area contributed by atoms with Crippen LogP contribution in [0, 0.1) is 0 Å². The molecule has 0 aromatic rings. The molecule has 20 heavy (non-hydrogen) atoms. The normalized spacial score (nSPS) is 11.2. The third-order valence-corrected chi connectivity index (χ3v) is 2.51. The molecule has 0 atom stereocenters. The summed E-state index contributed by atoms with van der Waals surface area (Å²) in [4.78, 5) is 15.7. The largest absolute Gasteiger partial charge is 0.382 e. The van der Waals surface area contributed by atoms with Crippen molar-refractivity contribution < 1.29 is 9.53 Å². The Hall–Kier alpha value is -1.30. The molecule has 0 fully saturated rings. The molecule has 0 aromatic heterocycles. The molecule has 0 spiro atoms. The highest BCUT2D eigenvalue weighted by Crippen LogP contribution is 1.88. The summed E-state index contributed by atoms with van der Waals surface area (Å²) in [6.45, 7) is 10.1. The number of hydrogen-bond acceptors (Lipinski definition) is 3. The van der Waals surface area contributed by atoms with Gasteiger partial charge in [-0.2, -0.15) is 0 Å². The first kappa shape index (κ1) is 18.7. The fourth-order valence-electron chi connectivity index (χ4n) is 1.49. The molecule has 0 aliphatic heterocycles. The molecule has 3 N–H and O–H groups in total. The Balaban J connectivity index is 3.86. The Kier molecular flexibility index (Phi) is 13.2. The maximum Gasteiger partial charge on any atom is 0.241 e. The molecule has 0 saturated carbocycles. The monoisotopic (exact) mass is 286 g/mol. The molecule has 0 rings (SSSR count). The Morgan fingerprint density at radius 2 is 1.85 bits per heavy atom. The molecule has 0 saturated heterocycles. The van der Waals surface area contributed by atoms with Gasteiger partial charge in [0.2, 0.25) is 5.91 Å². The van der Waals surface area contributed by atoms with Gasteiger partial charge in [-0.25, -0.2) is 4.99 Å². The number of carbonyl (C=O) groups is 1. The summed E-state index contributed by atoms with van der Waals surface area (Å²) in [6, 6.07) is 0. The van der Waals surface area contributed by atoms with E-state index < -0.39 is 0 Å². The van der Waals surface area contributed by atoms with Gasteiger partial charge in [-0.05, 0) is 33.1 Å². The van der Waals surface area contributed by atoms with E-state index in [9.17, 15) is 4.79 Å². The summed E-state index contributed by atoms with van der Waals surface area (Å²) in [7, 11) is 0. The molecule has 118 valence electrons. The van der Waals surface area contributed by atoms with Crippen molar-refractivity contribution >= 4 is 11.9 Å². The number of carbonyl (C=O) groups excluding carboxylic acids is 1. The molecule has 0 aromatic carbocycles. The molecule has 1 amide bonds. The fraction of sp³-hybridized carbons (Fsp3) is 0.857. The van der Waals surface area contributed by atoms with Gasteiger partial charge in [0.05, 0.1) is 0 Å². The fourth-order valence-corrected chi connectivity index (χ4v) is 1.49. The van der Waals surface area contributed by atoms with Crippen molar-refractivity contribution in [2.24, 2.45) is 4.99 Å². The zero-order valence-corrected chi connectivity index (χ0v) is 13.1. The van der Waals surface area contributed by atoms with Crippen LogP contribution in [0.5, 0.6) is 0 Å². The van der Waals surface area contributed by atoms with Crippen LogP contribution in [-0.2, 0) is 9.53 Å². The van der Waals surface area contributed by atoms with E-state index in [2.05, 4.69) is 20.9 Å². The lowest BCUT2D eigenvalue weighted by Gasteiger charge is -2.11. The summed E-state index contributed by atoms with van der Waals surface area (Å²) in [5.41, 5.74) is 0. The van der Waals surface area contributed by atoms with E-state index >= 15 is 0 Å². The number of nitrogens with one attached hydrogen (secondary N) is 3. The van der Waals surface area contributed by atoms with E-state index in [4.69, 9.17) is 4.74 Å². The lowest BCUT2D eigenvalue weighted by atomic mass is 10.3. The van der Waals surface area contributed by atoms with Crippen LogP contribution in [0.15, 0.2) is 4.99 Å². The smallest absolute Gasteiger partial charge is 0.241 e. The first-order valence-corrected chi connectivity index (χ1v) is 7.61. The van der Waals surface area contributed by atoms with E-state index in [0.29, 0.717) is 12.5 Å². The van der Waals surface area contributed by atoms with Crippen LogP contribution < -0.4 is 16.0 Å². The number of guanidine groups is 1. The molecular formula is C14H30N4O2. The summed E-state index contributed by atoms with van der Waals surface area (Å²) in [5, 5.41) is 9.14. The average Bonchev–Trinajstić information content (AvgIpc) is 2.46. The molecule has 0 aliphatic carbocycles. The van der Waals surface area contributed by atoms with Crippen molar-refractivity contribution in [1.29, 1.82) is 0 Å². The zero-order chi connectivity index (χ0) is 15.1. The van der Waals surface area contributed by atoms with E-state index in [1.807, 2.05) is 20.8 Å². The number of ether oxygens (including phenoxy) is 1. The maximum atomic E-state index is 11.5. The molecule has 6 nitrogen and oxygen atoms in total. The van der Waals surface area contributed by atoms with Crippen LogP contribution in [0.1, 0.15) is 40.0 Å². The Labute approximate surface area is 122 Å². The first-order chi connectivity index (χ1) is 9.74. The number of nitrogens with zero attached hydrogens (tertiary/aromatic N) is 1. The third kappa shape index (κ3) is 11.8. The highest BCUT2D eigenvalue weighted by molar-refractivity contribution is 5.84. The number of rotatable bonds is 11. The predicted molar refractivity (Wildman–Crippen MR) is 83.0 cm³/mol. The molecule has 0 unspecified atom stereocenters. The minimum atomic E-state index is -0.0413. The quantitative estimate of drug-likeness (QED) is 0.299. The maximum absolute atomic E-state index is 11.5. The van der Waals surface area contributed by atoms with Gasteiger partial charge in [-0.1, -0.05) is 6.92 Å². The second kappa shape index (κ2) is 14.1. The summed E-state index contributed by atoms with van der Waals surface area (Å²) in [6.07, 6.45) is 2.98. The summed E-state index contributed by atoms with van der Waals surface area (Å²) < 4.78 is 5.28. The zero-order valence-electron chi connectivity index (χ0n) is 13.1. The lowest BCUT2D eigenvalue weighted by molar-refractivity contribution is -0.119. The molecule has 0 bridgehead atoms. The van der Waals surface area contributed by atoms with Gasteiger partial charge in [0.25, 0.3) is 0 Å². The molecule has 0 aliphatic rings. The summed E-state index contributed by atoms with van der Waals surface area (Å²) >= 11 is 0. The van der Waals surface area contributed by atoms with Crippen LogP contribution in [0.25, 0.3) is 0 Å². The van der Waals surface area contributed by atoms with Crippen molar-refractivity contribution in [3.8, 4) is 0 Å². The van der Waals surface area contributed by atoms with Crippen LogP contribution in [0.3, 0.4) is 0 Å². The minimum absolute atomic E-state index is 0.0413. The second-order valence-electron chi connectivity index (χ2n) is 4.38. The van der Waals surface area contributed by atoms with Gasteiger partial charge in [0, 0.05) is 32.8 Å². The topological polar surface area (TPSA) is 74.8 Å². The number of hydrogen-bond donors (Lipinski definition) is 3. The van der Waals surface area contributed by atoms with Crippen molar-refractivity contribution in [3.05, 3.63) is 0 Å². The highest BCUT2D eigenvalue weighted by atomic mass is 16.5. The van der Waals surface area contributed by atoms with Gasteiger partial charge in [0.15, 0.2) is 5.96 Å². The highest BCUT2D eigenvalue weighted by Gasteiger charge is 2.00. The predicted octanol–water partition coefficient (Wildman–Crippen LogP) is 0.884. The van der Waals surface area contributed by atoms with Crippen molar-refractivity contribution in [1.82, 2.24) is 16.0 Å². The minimum Gasteiger partial charge on any atom is -0.382 e. The van der Waals surface area contributed by atoms with E-state index in [1.54, 1.807) is 0 Å². The van der Waals surface area contributed by atoms with Gasteiger partial charge in [-0.15, -0.1) is 0 Å². The van der Waals surface area contributed by atoms with Crippen LogP contribution in [-0.4, -0.2) is 51.3 Å². The van der Waals surface area contributed by atoms with E-state index in [1.165, 1.54) is 0 Å². The molecule has 0 radical (unpaired) electrons. The Morgan fingerprint density at radius 1 is 1.05 bits per heavy atom. The van der Waals surface area contributed by atoms with Crippen molar-refractivity contribution in [2.45, 2.75) is 40.0 Å². The molecule has 6 heteroatoms. The van der Waals surface area contributed by atoms with Crippen LogP contribution in [0.4, 0.5) is 0 Å². The third-order valence-electron chi connectivity index (χ3n) is 2.51. The first-order valence-electron chi connectivity index (χ1n) is 7.61. The van der Waals surface area contributed by atoms with Gasteiger partial charge >= 0.3 is 0 Å². The van der Waals surface area contributed by atoms with Gasteiger partial charge in [0.1, 0.15) is 6.54 Å². The number of unbranched alkanes of at least 4 members (excludes halogenated alkanes) is 1. The second-order valence-corrected chi connectivity index (χ2v) is 4.38. The molecular weight excluding hydrogens is 256 g/mol. The van der Waals surface area contributed by atoms with Gasteiger partial charge in [-0.3, -0.25) is 4.79 Å². The Bertz CT molecular complexity index is 270. The number of amides is 1. The lowest BCUT2D eigenvalue weighted by Crippen LogP contribution is -2.39. The van der Waals surface area contributed by atoms with Crippen LogP contribution in [0.2, 0.25) is 0 Å². The summed E-state index contributed by atoms with van der Waals surface area (Å²) in [5.74, 6) is 0.649. The molecule has 0 heterocycles. The standard InChI is InChI=1S/C14H30N4O2/c1-4-9-16-13(19)12-18-14(15-5-2)17-10-7-8-11-20-6-3/h4-12H2,1-3H3,(H,16,19)(H2,15,17,18).